The Hall–Kier alpha value is -0.490. The van der Waals surface area contributed by atoms with E-state index < -0.39 is 12.3 Å². The van der Waals surface area contributed by atoms with Crippen molar-refractivity contribution in [3.8, 4) is 0 Å². The van der Waals surface area contributed by atoms with Crippen LogP contribution in [0.25, 0.3) is 0 Å². The topological polar surface area (TPSA) is 54.0 Å². The molecule has 0 bridgehead atoms. The van der Waals surface area contributed by atoms with Crippen LogP contribution in [-0.2, 0) is 24.0 Å². The third-order valence-corrected chi connectivity index (χ3v) is 1.44. The van der Waals surface area contributed by atoms with Gasteiger partial charge in [0.25, 0.3) is 5.79 Å². The van der Waals surface area contributed by atoms with E-state index in [2.05, 4.69) is 14.5 Å². The normalized spacial score (nSPS) is 37.5. The summed E-state index contributed by atoms with van der Waals surface area (Å²) in [5.41, 5.74) is 0. The van der Waals surface area contributed by atoms with Crippen molar-refractivity contribution in [3.63, 3.8) is 0 Å². The van der Waals surface area contributed by atoms with E-state index in [1.54, 1.807) is 0 Å². The average molecular weight is 162 g/mol. The minimum Gasteiger partial charge on any atom is -0.331 e. The molecule has 0 saturated carbocycles. The van der Waals surface area contributed by atoms with Crippen LogP contribution in [0.3, 0.4) is 0 Å². The summed E-state index contributed by atoms with van der Waals surface area (Å²) in [5.74, 6) is -1.59. The molecule has 0 N–H and O–H groups in total. The molecule has 5 heteroatoms. The molecule has 0 aromatic rings. The smallest absolute Gasteiger partial charge is 0.303 e. The molecule has 1 heterocycles. The number of hydrogen-bond donors (Lipinski definition) is 0. The average Bonchev–Trinajstić information content (AvgIpc) is 2.33. The highest BCUT2D eigenvalue weighted by atomic mass is 17.3. The number of carbonyl (C=O) groups is 1. The lowest BCUT2D eigenvalue weighted by Gasteiger charge is -2.14. The van der Waals surface area contributed by atoms with Gasteiger partial charge in [0.2, 0.25) is 0 Å². The second-order valence-corrected chi connectivity index (χ2v) is 2.32. The summed E-state index contributed by atoms with van der Waals surface area (Å²) in [6, 6.07) is 0. The summed E-state index contributed by atoms with van der Waals surface area (Å²) in [6.45, 7) is 1.90. The fourth-order valence-electron chi connectivity index (χ4n) is 0.583. The number of carbonyl (C=O) groups excluding carboxylic acids is 1. The molecule has 1 aliphatic heterocycles. The Morgan fingerprint density at radius 1 is 1.64 bits per heavy atom. The Kier molecular flexibility index (Phi) is 2.24. The molecule has 0 aromatic heterocycles. The number of hydrogen-bond acceptors (Lipinski definition) is 5. The molecule has 0 aliphatic carbocycles. The Morgan fingerprint density at radius 3 is 2.55 bits per heavy atom. The van der Waals surface area contributed by atoms with Crippen molar-refractivity contribution in [2.75, 3.05) is 7.11 Å². The van der Waals surface area contributed by atoms with Gasteiger partial charge in [0.1, 0.15) is 0 Å². The maximum Gasteiger partial charge on any atom is 0.303 e. The van der Waals surface area contributed by atoms with Gasteiger partial charge < -0.3 is 4.74 Å². The molecule has 2 atom stereocenters. The second kappa shape index (κ2) is 2.86. The molecule has 1 aliphatic rings. The predicted molar refractivity (Wildman–Crippen MR) is 33.1 cm³/mol. The van der Waals surface area contributed by atoms with Crippen LogP contribution in [0.1, 0.15) is 13.8 Å². The standard InChI is InChI=1S/C6H10O5/c1-4(7)6(2)9-5(8-3)10-11-6/h5H,1-3H3. The monoisotopic (exact) mass is 162 g/mol. The molecule has 0 radical (unpaired) electrons. The zero-order valence-corrected chi connectivity index (χ0v) is 6.62. The van der Waals surface area contributed by atoms with Crippen molar-refractivity contribution in [3.05, 3.63) is 0 Å². The Labute approximate surface area is 64.1 Å². The summed E-state index contributed by atoms with van der Waals surface area (Å²) >= 11 is 0. The van der Waals surface area contributed by atoms with Crippen molar-refractivity contribution < 1.29 is 24.0 Å². The quantitative estimate of drug-likeness (QED) is 0.543. The third kappa shape index (κ3) is 1.57. The largest absolute Gasteiger partial charge is 0.331 e. The number of rotatable bonds is 2. The van der Waals surface area contributed by atoms with Crippen LogP contribution in [0.15, 0.2) is 0 Å². The second-order valence-electron chi connectivity index (χ2n) is 2.32. The molecule has 5 nitrogen and oxygen atoms in total. The van der Waals surface area contributed by atoms with E-state index in [1.165, 1.54) is 21.0 Å². The number of ether oxygens (including phenoxy) is 2. The van der Waals surface area contributed by atoms with Crippen LogP contribution < -0.4 is 0 Å². The first-order valence-corrected chi connectivity index (χ1v) is 3.14. The van der Waals surface area contributed by atoms with E-state index in [9.17, 15) is 4.79 Å². The van der Waals surface area contributed by atoms with Crippen LogP contribution >= 0.6 is 0 Å². The van der Waals surface area contributed by atoms with E-state index in [1.807, 2.05) is 0 Å². The van der Waals surface area contributed by atoms with Gasteiger partial charge in [-0.1, -0.05) is 0 Å². The van der Waals surface area contributed by atoms with Crippen molar-refractivity contribution in [1.29, 1.82) is 0 Å². The van der Waals surface area contributed by atoms with Gasteiger partial charge in [0, 0.05) is 21.0 Å². The molecule has 1 saturated heterocycles. The maximum atomic E-state index is 10.8. The summed E-state index contributed by atoms with van der Waals surface area (Å²) in [6.07, 6.45) is 0. The maximum absolute atomic E-state index is 10.8. The molecule has 11 heavy (non-hydrogen) atoms. The molecule has 0 amide bonds. The van der Waals surface area contributed by atoms with Crippen LogP contribution in [-0.4, -0.2) is 25.2 Å². The molecule has 1 fully saturated rings. The number of ketones is 1. The number of Topliss-reactive ketones (excluding diaryl/α,β-unsaturated/α-hetero) is 1. The Morgan fingerprint density at radius 2 is 2.27 bits per heavy atom. The van der Waals surface area contributed by atoms with E-state index in [0.717, 1.165) is 0 Å². The zero-order chi connectivity index (χ0) is 8.48. The van der Waals surface area contributed by atoms with Crippen LogP contribution in [0.4, 0.5) is 0 Å². The van der Waals surface area contributed by atoms with Crippen molar-refractivity contribution in [2.24, 2.45) is 0 Å². The van der Waals surface area contributed by atoms with Gasteiger partial charge in [-0.15, -0.1) is 0 Å². The van der Waals surface area contributed by atoms with E-state index in [4.69, 9.17) is 4.74 Å². The summed E-state index contributed by atoms with van der Waals surface area (Å²) < 4.78 is 9.58. The molecule has 64 valence electrons. The van der Waals surface area contributed by atoms with Gasteiger partial charge in [-0.25, -0.2) is 0 Å². The summed E-state index contributed by atoms with van der Waals surface area (Å²) in [4.78, 5) is 20.0. The fraction of sp³-hybridized carbons (Fsp3) is 0.833. The molecule has 0 aromatic carbocycles. The lowest BCUT2D eigenvalue weighted by atomic mass is 10.2. The highest BCUT2D eigenvalue weighted by Gasteiger charge is 2.43. The lowest BCUT2D eigenvalue weighted by Crippen LogP contribution is -2.35. The Balaban J connectivity index is 2.57. The van der Waals surface area contributed by atoms with Crippen LogP contribution in [0, 0.1) is 0 Å². The van der Waals surface area contributed by atoms with Crippen LogP contribution in [0.2, 0.25) is 0 Å². The predicted octanol–water partition coefficient (Wildman–Crippen LogP) is 0.200. The fourth-order valence-corrected chi connectivity index (χ4v) is 0.583. The zero-order valence-electron chi connectivity index (χ0n) is 6.62. The summed E-state index contributed by atoms with van der Waals surface area (Å²) in [7, 11) is 1.39. The molecule has 1 rings (SSSR count). The lowest BCUT2D eigenvalue weighted by molar-refractivity contribution is -0.352. The highest BCUT2D eigenvalue weighted by molar-refractivity contribution is 5.82. The minimum absolute atomic E-state index is 0.267. The van der Waals surface area contributed by atoms with Crippen molar-refractivity contribution >= 4 is 5.78 Å². The van der Waals surface area contributed by atoms with E-state index in [-0.39, 0.29) is 5.78 Å². The van der Waals surface area contributed by atoms with Gasteiger partial charge in [0.05, 0.1) is 0 Å². The molecule has 2 unspecified atom stereocenters. The molecular formula is C6H10O5. The van der Waals surface area contributed by atoms with Gasteiger partial charge in [-0.2, -0.15) is 9.78 Å². The third-order valence-electron chi connectivity index (χ3n) is 1.44. The van der Waals surface area contributed by atoms with Gasteiger partial charge >= 0.3 is 6.48 Å². The summed E-state index contributed by atoms with van der Waals surface area (Å²) in [5, 5.41) is 0. The SMILES string of the molecule is COC1OOC(C)(C(C)=O)O1. The van der Waals surface area contributed by atoms with Crippen molar-refractivity contribution in [2.45, 2.75) is 26.1 Å². The first kappa shape index (κ1) is 8.61. The van der Waals surface area contributed by atoms with E-state index in [0.29, 0.717) is 0 Å². The van der Waals surface area contributed by atoms with Gasteiger partial charge in [-0.3, -0.25) is 9.53 Å². The van der Waals surface area contributed by atoms with Crippen LogP contribution in [0.5, 0.6) is 0 Å². The van der Waals surface area contributed by atoms with Gasteiger partial charge in [0.15, 0.2) is 5.78 Å². The number of methoxy groups -OCH3 is 1. The van der Waals surface area contributed by atoms with Crippen molar-refractivity contribution in [1.82, 2.24) is 0 Å². The first-order valence-electron chi connectivity index (χ1n) is 3.14. The van der Waals surface area contributed by atoms with E-state index >= 15 is 0 Å². The molecular weight excluding hydrogens is 152 g/mol. The first-order chi connectivity index (χ1) is 5.08. The highest BCUT2D eigenvalue weighted by Crippen LogP contribution is 2.25. The van der Waals surface area contributed by atoms with Gasteiger partial charge in [-0.05, 0) is 0 Å². The Bertz CT molecular complexity index is 168. The minimum atomic E-state index is -1.32. The molecule has 0 spiro atoms.